The molecule has 1 aromatic carbocycles. The summed E-state index contributed by atoms with van der Waals surface area (Å²) < 4.78 is 0. The molecule has 18 heavy (non-hydrogen) atoms. The Labute approximate surface area is 105 Å². The van der Waals surface area contributed by atoms with Gasteiger partial charge < -0.3 is 11.1 Å². The van der Waals surface area contributed by atoms with Crippen LogP contribution in [0.5, 0.6) is 0 Å². The van der Waals surface area contributed by atoms with E-state index in [1.807, 2.05) is 6.92 Å². The summed E-state index contributed by atoms with van der Waals surface area (Å²) in [7, 11) is 0. The molecular formula is C12H16N4O2. The lowest BCUT2D eigenvalue weighted by molar-refractivity contribution is -0.119. The van der Waals surface area contributed by atoms with E-state index in [4.69, 9.17) is 5.73 Å². The molecule has 0 radical (unpaired) electrons. The van der Waals surface area contributed by atoms with Crippen molar-refractivity contribution in [1.82, 2.24) is 10.9 Å². The lowest BCUT2D eigenvalue weighted by Crippen LogP contribution is -2.34. The van der Waals surface area contributed by atoms with E-state index in [0.717, 1.165) is 0 Å². The predicted octanol–water partition coefficient (Wildman–Crippen LogP) is -0.163. The Morgan fingerprint density at radius 3 is 2.72 bits per heavy atom. The predicted molar refractivity (Wildman–Crippen MR) is 67.7 cm³/mol. The van der Waals surface area contributed by atoms with E-state index in [0.29, 0.717) is 17.8 Å². The van der Waals surface area contributed by atoms with Gasteiger partial charge in [0, 0.05) is 12.6 Å². The van der Waals surface area contributed by atoms with E-state index >= 15 is 0 Å². The lowest BCUT2D eigenvalue weighted by atomic mass is 10.0. The van der Waals surface area contributed by atoms with Crippen molar-refractivity contribution in [3.8, 4) is 0 Å². The third kappa shape index (κ3) is 2.49. The van der Waals surface area contributed by atoms with Crippen molar-refractivity contribution in [1.29, 1.82) is 0 Å². The number of hydrazine groups is 1. The minimum atomic E-state index is -0.554. The van der Waals surface area contributed by atoms with Gasteiger partial charge in [0.2, 0.25) is 5.91 Å². The Morgan fingerprint density at radius 2 is 2.11 bits per heavy atom. The molecule has 2 rings (SSSR count). The molecule has 1 heterocycles. The van der Waals surface area contributed by atoms with Crippen LogP contribution < -0.4 is 21.9 Å². The highest BCUT2D eigenvalue weighted by molar-refractivity contribution is 6.03. The minimum absolute atomic E-state index is 0.0470. The normalized spacial score (nSPS) is 22.7. The Morgan fingerprint density at radius 1 is 1.39 bits per heavy atom. The SMILES string of the molecule is CC1NNCC1C(=O)Nc1ccccc1C(N)=O. The van der Waals surface area contributed by atoms with Crippen LogP contribution in [-0.2, 0) is 4.79 Å². The molecule has 1 aliphatic rings. The Balaban J connectivity index is 2.14. The van der Waals surface area contributed by atoms with Gasteiger partial charge in [0.05, 0.1) is 17.2 Å². The fourth-order valence-electron chi connectivity index (χ4n) is 1.96. The molecule has 0 aliphatic carbocycles. The Kier molecular flexibility index (Phi) is 3.59. The van der Waals surface area contributed by atoms with Crippen LogP contribution in [-0.4, -0.2) is 24.4 Å². The molecule has 1 saturated heterocycles. The van der Waals surface area contributed by atoms with E-state index in [1.54, 1.807) is 24.3 Å². The number of para-hydroxylation sites is 1. The third-order valence-electron chi connectivity index (χ3n) is 3.04. The van der Waals surface area contributed by atoms with Gasteiger partial charge in [-0.1, -0.05) is 12.1 Å². The van der Waals surface area contributed by atoms with Crippen LogP contribution >= 0.6 is 0 Å². The molecule has 0 bridgehead atoms. The first-order chi connectivity index (χ1) is 8.59. The summed E-state index contributed by atoms with van der Waals surface area (Å²) in [5.74, 6) is -0.860. The summed E-state index contributed by atoms with van der Waals surface area (Å²) in [6.07, 6.45) is 0. The maximum atomic E-state index is 12.1. The van der Waals surface area contributed by atoms with Gasteiger partial charge in [-0.15, -0.1) is 0 Å². The number of nitrogens with two attached hydrogens (primary N) is 1. The fraction of sp³-hybridized carbons (Fsp3) is 0.333. The molecule has 1 fully saturated rings. The molecule has 2 amide bonds. The quantitative estimate of drug-likeness (QED) is 0.597. The molecule has 96 valence electrons. The molecule has 2 atom stereocenters. The molecular weight excluding hydrogens is 232 g/mol. The van der Waals surface area contributed by atoms with Crippen molar-refractivity contribution in [2.24, 2.45) is 11.7 Å². The smallest absolute Gasteiger partial charge is 0.250 e. The molecule has 6 heteroatoms. The second-order valence-electron chi connectivity index (χ2n) is 4.32. The molecule has 2 unspecified atom stereocenters. The van der Waals surface area contributed by atoms with Gasteiger partial charge in [-0.3, -0.25) is 20.4 Å². The number of amides is 2. The van der Waals surface area contributed by atoms with Crippen LogP contribution in [0.2, 0.25) is 0 Å². The lowest BCUT2D eigenvalue weighted by Gasteiger charge is -2.15. The summed E-state index contributed by atoms with van der Waals surface area (Å²) in [6.45, 7) is 2.48. The molecule has 0 saturated carbocycles. The highest BCUT2D eigenvalue weighted by Crippen LogP contribution is 2.17. The number of hydrogen-bond acceptors (Lipinski definition) is 4. The summed E-state index contributed by atoms with van der Waals surface area (Å²) >= 11 is 0. The average molecular weight is 248 g/mol. The van der Waals surface area contributed by atoms with E-state index in [1.165, 1.54) is 0 Å². The number of hydrogen-bond donors (Lipinski definition) is 4. The zero-order valence-electron chi connectivity index (χ0n) is 10.1. The van der Waals surface area contributed by atoms with Crippen LogP contribution in [0.3, 0.4) is 0 Å². The van der Waals surface area contributed by atoms with Gasteiger partial charge in [-0.2, -0.15) is 0 Å². The number of primary amides is 1. The first-order valence-electron chi connectivity index (χ1n) is 5.77. The van der Waals surface area contributed by atoms with E-state index in [2.05, 4.69) is 16.2 Å². The largest absolute Gasteiger partial charge is 0.366 e. The topological polar surface area (TPSA) is 96.2 Å². The fourth-order valence-corrected chi connectivity index (χ4v) is 1.96. The number of benzene rings is 1. The van der Waals surface area contributed by atoms with Crippen LogP contribution in [0.15, 0.2) is 24.3 Å². The maximum Gasteiger partial charge on any atom is 0.250 e. The first kappa shape index (κ1) is 12.5. The highest BCUT2D eigenvalue weighted by Gasteiger charge is 2.29. The molecule has 0 spiro atoms. The van der Waals surface area contributed by atoms with Gasteiger partial charge in [-0.05, 0) is 19.1 Å². The summed E-state index contributed by atoms with van der Waals surface area (Å²) in [4.78, 5) is 23.3. The first-order valence-corrected chi connectivity index (χ1v) is 5.77. The number of carbonyl (C=O) groups is 2. The number of nitrogens with one attached hydrogen (secondary N) is 3. The van der Waals surface area contributed by atoms with Crippen LogP contribution in [0, 0.1) is 5.92 Å². The van der Waals surface area contributed by atoms with Crippen LogP contribution in [0.1, 0.15) is 17.3 Å². The van der Waals surface area contributed by atoms with Crippen molar-refractivity contribution in [2.75, 3.05) is 11.9 Å². The van der Waals surface area contributed by atoms with Crippen molar-refractivity contribution in [2.45, 2.75) is 13.0 Å². The highest BCUT2D eigenvalue weighted by atomic mass is 16.2. The standard InChI is InChI=1S/C12H16N4O2/c1-7-9(6-14-16-7)12(18)15-10-5-3-2-4-8(10)11(13)17/h2-5,7,9,14,16H,6H2,1H3,(H2,13,17)(H,15,18). The minimum Gasteiger partial charge on any atom is -0.366 e. The zero-order valence-corrected chi connectivity index (χ0v) is 10.1. The van der Waals surface area contributed by atoms with E-state index in [-0.39, 0.29) is 17.9 Å². The van der Waals surface area contributed by atoms with Crippen molar-refractivity contribution in [3.63, 3.8) is 0 Å². The third-order valence-corrected chi connectivity index (χ3v) is 3.04. The number of anilines is 1. The van der Waals surface area contributed by atoms with Gasteiger partial charge >= 0.3 is 0 Å². The van der Waals surface area contributed by atoms with Crippen LogP contribution in [0.4, 0.5) is 5.69 Å². The van der Waals surface area contributed by atoms with Crippen LogP contribution in [0.25, 0.3) is 0 Å². The molecule has 1 aromatic rings. The van der Waals surface area contributed by atoms with Gasteiger partial charge in [0.15, 0.2) is 0 Å². The number of carbonyl (C=O) groups excluding carboxylic acids is 2. The molecule has 5 N–H and O–H groups in total. The molecule has 6 nitrogen and oxygen atoms in total. The summed E-state index contributed by atoms with van der Waals surface area (Å²) in [5, 5.41) is 2.74. The molecule has 1 aliphatic heterocycles. The zero-order chi connectivity index (χ0) is 13.1. The average Bonchev–Trinajstić information content (AvgIpc) is 2.76. The Bertz CT molecular complexity index is 475. The Hall–Kier alpha value is -1.92. The van der Waals surface area contributed by atoms with Crippen molar-refractivity contribution >= 4 is 17.5 Å². The monoisotopic (exact) mass is 248 g/mol. The van der Waals surface area contributed by atoms with Crippen molar-refractivity contribution in [3.05, 3.63) is 29.8 Å². The second kappa shape index (κ2) is 5.16. The molecule has 0 aromatic heterocycles. The maximum absolute atomic E-state index is 12.1. The number of rotatable bonds is 3. The summed E-state index contributed by atoms with van der Waals surface area (Å²) in [5.41, 5.74) is 11.9. The van der Waals surface area contributed by atoms with Gasteiger partial charge in [0.25, 0.3) is 5.91 Å². The van der Waals surface area contributed by atoms with E-state index in [9.17, 15) is 9.59 Å². The van der Waals surface area contributed by atoms with Gasteiger partial charge in [-0.25, -0.2) is 0 Å². The van der Waals surface area contributed by atoms with E-state index < -0.39 is 5.91 Å². The second-order valence-corrected chi connectivity index (χ2v) is 4.32. The summed E-state index contributed by atoms with van der Waals surface area (Å²) in [6, 6.07) is 6.75. The van der Waals surface area contributed by atoms with Crippen molar-refractivity contribution < 1.29 is 9.59 Å². The van der Waals surface area contributed by atoms with Gasteiger partial charge in [0.1, 0.15) is 0 Å².